The molecule has 3 rings (SSSR count). The minimum Gasteiger partial charge on any atom is -0.326 e. The molecule has 1 aliphatic rings. The number of benzene rings is 1. The first-order chi connectivity index (χ1) is 12.8. The van der Waals surface area contributed by atoms with Crippen LogP contribution in [0.1, 0.15) is 39.5 Å². The Hall–Kier alpha value is -2.03. The summed E-state index contributed by atoms with van der Waals surface area (Å²) in [6.45, 7) is 3.27. The Balaban J connectivity index is 0.00000280. The average molecular weight is 427 g/mol. The summed E-state index contributed by atoms with van der Waals surface area (Å²) < 4.78 is 14.4. The van der Waals surface area contributed by atoms with E-state index < -0.39 is 11.4 Å². The van der Waals surface area contributed by atoms with Crippen LogP contribution in [0.5, 0.6) is 0 Å². The number of aromatic nitrogens is 1. The molecule has 1 fully saturated rings. The normalized spacial score (nSPS) is 21.5. The molecule has 1 saturated carbocycles. The molecule has 9 heteroatoms. The highest BCUT2D eigenvalue weighted by atomic mass is 35.5. The average Bonchev–Trinajstić information content (AvgIpc) is 3.02. The zero-order valence-corrected chi connectivity index (χ0v) is 17.4. The van der Waals surface area contributed by atoms with Gasteiger partial charge in [-0.2, -0.15) is 0 Å². The van der Waals surface area contributed by atoms with Crippen molar-refractivity contribution in [1.29, 1.82) is 0 Å². The van der Waals surface area contributed by atoms with E-state index in [9.17, 15) is 14.0 Å². The van der Waals surface area contributed by atoms with Crippen molar-refractivity contribution in [2.75, 3.05) is 10.6 Å². The zero-order valence-electron chi connectivity index (χ0n) is 15.8. The van der Waals surface area contributed by atoms with Crippen molar-refractivity contribution in [1.82, 2.24) is 4.98 Å². The number of hydrogen-bond acceptors (Lipinski definition) is 5. The Morgan fingerprint density at radius 3 is 2.71 bits per heavy atom. The molecule has 1 heterocycles. The summed E-state index contributed by atoms with van der Waals surface area (Å²) in [5.41, 5.74) is 6.89. The van der Waals surface area contributed by atoms with Crippen molar-refractivity contribution in [3.8, 4) is 11.3 Å². The third-order valence-corrected chi connectivity index (χ3v) is 5.63. The van der Waals surface area contributed by atoms with E-state index in [4.69, 9.17) is 5.73 Å². The molecular weight excluding hydrogens is 403 g/mol. The van der Waals surface area contributed by atoms with E-state index in [1.54, 1.807) is 17.5 Å². The highest BCUT2D eigenvalue weighted by Gasteiger charge is 2.38. The van der Waals surface area contributed by atoms with Crippen LogP contribution in [0.3, 0.4) is 0 Å². The van der Waals surface area contributed by atoms with E-state index in [0.717, 1.165) is 25.7 Å². The first-order valence-electron chi connectivity index (χ1n) is 8.89. The molecule has 1 aromatic heterocycles. The largest absolute Gasteiger partial charge is 0.326 e. The van der Waals surface area contributed by atoms with Crippen LogP contribution in [0.4, 0.5) is 15.2 Å². The van der Waals surface area contributed by atoms with Crippen LogP contribution in [-0.4, -0.2) is 22.3 Å². The number of carbonyl (C=O) groups excluding carboxylic acids is 2. The van der Waals surface area contributed by atoms with Crippen LogP contribution < -0.4 is 16.4 Å². The summed E-state index contributed by atoms with van der Waals surface area (Å²) in [6, 6.07) is 4.41. The van der Waals surface area contributed by atoms with E-state index in [2.05, 4.69) is 15.6 Å². The molecule has 1 aliphatic carbocycles. The number of hydrogen-bond donors (Lipinski definition) is 3. The second-order valence-corrected chi connectivity index (χ2v) is 8.07. The minimum absolute atomic E-state index is 0. The summed E-state index contributed by atoms with van der Waals surface area (Å²) >= 11 is 1.24. The SMILES string of the molecule is CC(=O)Nc1ccc(-c2csc(NC(=O)C3CCCCC3(C)N)n2)c(F)c1.Cl. The Morgan fingerprint density at radius 2 is 2.07 bits per heavy atom. The fraction of sp³-hybridized carbons (Fsp3) is 0.421. The van der Waals surface area contributed by atoms with Gasteiger partial charge in [-0.3, -0.25) is 9.59 Å². The van der Waals surface area contributed by atoms with Gasteiger partial charge in [-0.05, 0) is 38.0 Å². The second-order valence-electron chi connectivity index (χ2n) is 7.21. The lowest BCUT2D eigenvalue weighted by molar-refractivity contribution is -0.122. The van der Waals surface area contributed by atoms with Crippen LogP contribution in [0.25, 0.3) is 11.3 Å². The maximum absolute atomic E-state index is 14.4. The first-order valence-corrected chi connectivity index (χ1v) is 9.77. The number of halogens is 2. The van der Waals surface area contributed by atoms with Crippen molar-refractivity contribution in [2.24, 2.45) is 11.7 Å². The maximum Gasteiger partial charge on any atom is 0.231 e. The quantitative estimate of drug-likeness (QED) is 0.683. The molecule has 0 radical (unpaired) electrons. The first kappa shape index (κ1) is 22.3. The standard InChI is InChI=1S/C19H23FN4O2S.ClH/c1-11(25)22-12-6-7-13(15(20)9-12)16-10-27-18(23-16)24-17(26)14-5-3-4-8-19(14,2)21;/h6-7,9-10,14H,3-5,8,21H2,1-2H3,(H,22,25)(H,23,24,26);1H. The molecular formula is C19H24ClFN4O2S. The summed E-state index contributed by atoms with van der Waals surface area (Å²) in [5, 5.41) is 7.46. The molecule has 2 aromatic rings. The van der Waals surface area contributed by atoms with Crippen molar-refractivity contribution in [3.63, 3.8) is 0 Å². The molecule has 1 aromatic carbocycles. The second kappa shape index (κ2) is 8.98. The molecule has 0 saturated heterocycles. The number of nitrogens with two attached hydrogens (primary N) is 1. The Kier molecular flexibility index (Phi) is 7.14. The highest BCUT2D eigenvalue weighted by molar-refractivity contribution is 7.14. The monoisotopic (exact) mass is 426 g/mol. The number of thiazole rings is 1. The predicted molar refractivity (Wildman–Crippen MR) is 112 cm³/mol. The highest BCUT2D eigenvalue weighted by Crippen LogP contribution is 2.33. The van der Waals surface area contributed by atoms with Gasteiger partial charge in [0.15, 0.2) is 5.13 Å². The van der Waals surface area contributed by atoms with Crippen LogP contribution in [0.15, 0.2) is 23.6 Å². The van der Waals surface area contributed by atoms with Gasteiger partial charge in [0.2, 0.25) is 11.8 Å². The molecule has 4 N–H and O–H groups in total. The topological polar surface area (TPSA) is 97.1 Å². The molecule has 2 atom stereocenters. The minimum atomic E-state index is -0.520. The van der Waals surface area contributed by atoms with Gasteiger partial charge in [-0.1, -0.05) is 12.8 Å². The molecule has 2 unspecified atom stereocenters. The lowest BCUT2D eigenvalue weighted by atomic mass is 9.74. The number of carbonyl (C=O) groups is 2. The zero-order chi connectivity index (χ0) is 19.6. The van der Waals surface area contributed by atoms with Gasteiger partial charge in [0.25, 0.3) is 0 Å². The fourth-order valence-electron chi connectivity index (χ4n) is 3.44. The van der Waals surface area contributed by atoms with Crippen molar-refractivity contribution < 1.29 is 14.0 Å². The van der Waals surface area contributed by atoms with E-state index in [1.807, 2.05) is 6.92 Å². The van der Waals surface area contributed by atoms with E-state index >= 15 is 0 Å². The number of nitrogens with one attached hydrogen (secondary N) is 2. The third-order valence-electron chi connectivity index (χ3n) is 4.87. The van der Waals surface area contributed by atoms with Gasteiger partial charge < -0.3 is 16.4 Å². The fourth-order valence-corrected chi connectivity index (χ4v) is 4.15. The van der Waals surface area contributed by atoms with Crippen LogP contribution in [0, 0.1) is 11.7 Å². The van der Waals surface area contributed by atoms with Gasteiger partial charge in [0, 0.05) is 29.1 Å². The van der Waals surface area contributed by atoms with E-state index in [1.165, 1.54) is 24.3 Å². The Bertz CT molecular complexity index is 871. The number of rotatable bonds is 4. The van der Waals surface area contributed by atoms with Gasteiger partial charge >= 0.3 is 0 Å². The number of amides is 2. The molecule has 0 spiro atoms. The predicted octanol–water partition coefficient (Wildman–Crippen LogP) is 4.18. The van der Waals surface area contributed by atoms with Gasteiger partial charge in [0.1, 0.15) is 5.82 Å². The van der Waals surface area contributed by atoms with Crippen molar-refractivity contribution >= 4 is 46.4 Å². The molecule has 6 nitrogen and oxygen atoms in total. The summed E-state index contributed by atoms with van der Waals surface area (Å²) in [4.78, 5) is 28.0. The molecule has 2 amide bonds. The van der Waals surface area contributed by atoms with Crippen molar-refractivity contribution in [3.05, 3.63) is 29.4 Å². The van der Waals surface area contributed by atoms with Gasteiger partial charge in [-0.25, -0.2) is 9.37 Å². The third kappa shape index (κ3) is 5.06. The van der Waals surface area contributed by atoms with Crippen molar-refractivity contribution in [2.45, 2.75) is 45.1 Å². The van der Waals surface area contributed by atoms with E-state index in [0.29, 0.717) is 22.1 Å². The maximum atomic E-state index is 14.4. The Labute approximate surface area is 173 Å². The molecule has 28 heavy (non-hydrogen) atoms. The summed E-state index contributed by atoms with van der Waals surface area (Å²) in [7, 11) is 0. The Morgan fingerprint density at radius 1 is 1.32 bits per heavy atom. The van der Waals surface area contributed by atoms with Gasteiger partial charge in [-0.15, -0.1) is 23.7 Å². The smallest absolute Gasteiger partial charge is 0.231 e. The molecule has 152 valence electrons. The molecule has 0 bridgehead atoms. The van der Waals surface area contributed by atoms with Crippen LogP contribution in [-0.2, 0) is 9.59 Å². The summed E-state index contributed by atoms with van der Waals surface area (Å²) in [5.74, 6) is -1.16. The lowest BCUT2D eigenvalue weighted by Gasteiger charge is -2.36. The van der Waals surface area contributed by atoms with Crippen LogP contribution in [0.2, 0.25) is 0 Å². The van der Waals surface area contributed by atoms with Crippen LogP contribution >= 0.6 is 23.7 Å². The number of nitrogens with zero attached hydrogens (tertiary/aromatic N) is 1. The molecule has 0 aliphatic heterocycles. The van der Waals surface area contributed by atoms with Gasteiger partial charge in [0.05, 0.1) is 11.6 Å². The van der Waals surface area contributed by atoms with E-state index in [-0.39, 0.29) is 30.1 Å². The lowest BCUT2D eigenvalue weighted by Crippen LogP contribution is -2.51. The summed E-state index contributed by atoms with van der Waals surface area (Å²) in [6.07, 6.45) is 3.60. The number of anilines is 2.